The number of benzene rings is 2. The molecule has 2 saturated heterocycles. The third kappa shape index (κ3) is 5.32. The topological polar surface area (TPSA) is 88.8 Å². The first-order chi connectivity index (χ1) is 18.1. The minimum absolute atomic E-state index is 0.0786. The highest BCUT2D eigenvalue weighted by Crippen LogP contribution is 2.44. The maximum atomic E-state index is 13.2. The molecule has 38 heavy (non-hydrogen) atoms. The molecule has 0 unspecified atom stereocenters. The number of rotatable bonds is 5. The molecule has 0 bridgehead atoms. The summed E-state index contributed by atoms with van der Waals surface area (Å²) in [7, 11) is 1.65. The highest BCUT2D eigenvalue weighted by atomic mass is 32.1. The smallest absolute Gasteiger partial charge is 0.416 e. The fourth-order valence-electron chi connectivity index (χ4n) is 5.42. The Bertz CT molecular complexity index is 1390. The summed E-state index contributed by atoms with van der Waals surface area (Å²) in [6, 6.07) is 9.25. The number of likely N-dealkylation sites (tertiary alicyclic amines) is 1. The predicted octanol–water partition coefficient (Wildman–Crippen LogP) is 5.47. The summed E-state index contributed by atoms with van der Waals surface area (Å²) in [5.41, 5.74) is -1.39. The molecule has 5 rings (SSSR count). The van der Waals surface area contributed by atoms with Gasteiger partial charge in [0.25, 0.3) is 11.2 Å². The Kier molecular flexibility index (Phi) is 7.03. The first-order valence-corrected chi connectivity index (χ1v) is 13.2. The molecule has 0 amide bonds. The normalized spacial score (nSPS) is 18.2. The van der Waals surface area contributed by atoms with E-state index in [-0.39, 0.29) is 15.5 Å². The van der Waals surface area contributed by atoms with Crippen LogP contribution in [0.2, 0.25) is 0 Å². The van der Waals surface area contributed by atoms with Gasteiger partial charge >= 0.3 is 6.18 Å². The van der Waals surface area contributed by atoms with Gasteiger partial charge in [0.15, 0.2) is 5.13 Å². The molecule has 12 heteroatoms. The van der Waals surface area contributed by atoms with E-state index in [1.807, 2.05) is 17.0 Å². The number of hydrogen-bond donors (Lipinski definition) is 0. The van der Waals surface area contributed by atoms with Crippen molar-refractivity contribution in [3.63, 3.8) is 0 Å². The molecule has 0 aliphatic carbocycles. The molecule has 1 aromatic heterocycles. The molecule has 2 aliphatic rings. The van der Waals surface area contributed by atoms with Crippen molar-refractivity contribution in [1.82, 2.24) is 9.88 Å². The van der Waals surface area contributed by atoms with Crippen LogP contribution in [0.4, 0.5) is 24.0 Å². The average Bonchev–Trinajstić information content (AvgIpc) is 2.90. The van der Waals surface area contributed by atoms with Gasteiger partial charge in [-0.05, 0) is 68.0 Å². The zero-order valence-electron chi connectivity index (χ0n) is 20.8. The van der Waals surface area contributed by atoms with Gasteiger partial charge in [-0.15, -0.1) is 0 Å². The van der Waals surface area contributed by atoms with E-state index in [0.717, 1.165) is 62.4 Å². The number of nitrogens with zero attached hydrogens (tertiary/aromatic N) is 4. The number of hydrogen-bond acceptors (Lipinski definition) is 8. The third-order valence-electron chi connectivity index (χ3n) is 7.79. The summed E-state index contributed by atoms with van der Waals surface area (Å²) in [6.45, 7) is 4.14. The lowest BCUT2D eigenvalue weighted by Gasteiger charge is -2.47. The van der Waals surface area contributed by atoms with Gasteiger partial charge in [-0.3, -0.25) is 19.8 Å². The SMILES string of the molecule is COc1ccc(CN2CCC3(CC2)CCN(c2nc(=O)c4cc(C(F)(F)F)cc([N+](=O)[O-])c4s2)CC3)cc1. The van der Waals surface area contributed by atoms with E-state index in [2.05, 4.69) is 22.0 Å². The lowest BCUT2D eigenvalue weighted by atomic mass is 9.71. The minimum atomic E-state index is -4.81. The molecule has 0 atom stereocenters. The van der Waals surface area contributed by atoms with Crippen molar-refractivity contribution < 1.29 is 22.8 Å². The molecule has 2 fully saturated rings. The standard InChI is InChI=1S/C26H27F3N4O4S/c1-37-19-4-2-17(3-5-19)16-31-10-6-25(7-11-31)8-12-32(13-9-25)24-30-23(34)20-14-18(26(27,28)29)15-21(33(35)36)22(20)38-24/h2-5,14-15H,6-13,16H2,1H3. The number of nitro groups is 1. The van der Waals surface area contributed by atoms with Crippen LogP contribution >= 0.6 is 11.3 Å². The number of piperidine rings is 2. The minimum Gasteiger partial charge on any atom is -0.497 e. The summed E-state index contributed by atoms with van der Waals surface area (Å²) in [6.07, 6.45) is -0.882. The van der Waals surface area contributed by atoms with Gasteiger partial charge in [-0.2, -0.15) is 18.2 Å². The van der Waals surface area contributed by atoms with Crippen molar-refractivity contribution >= 4 is 32.2 Å². The second kappa shape index (κ2) is 10.1. The Morgan fingerprint density at radius 2 is 1.71 bits per heavy atom. The number of methoxy groups -OCH3 is 1. The molecule has 0 saturated carbocycles. The number of fused-ring (bicyclic) bond motifs is 1. The number of alkyl halides is 3. The van der Waals surface area contributed by atoms with E-state index in [4.69, 9.17) is 4.74 Å². The zero-order valence-corrected chi connectivity index (χ0v) is 21.6. The molecule has 3 heterocycles. The maximum Gasteiger partial charge on any atom is 0.416 e. The molecular weight excluding hydrogens is 521 g/mol. The van der Waals surface area contributed by atoms with Gasteiger partial charge < -0.3 is 9.64 Å². The van der Waals surface area contributed by atoms with Crippen molar-refractivity contribution in [2.24, 2.45) is 5.41 Å². The number of non-ortho nitro benzene ring substituents is 1. The fourth-order valence-corrected chi connectivity index (χ4v) is 6.54. The van der Waals surface area contributed by atoms with Crippen molar-refractivity contribution in [3.8, 4) is 5.75 Å². The van der Waals surface area contributed by atoms with Crippen LogP contribution in [-0.4, -0.2) is 48.1 Å². The summed E-state index contributed by atoms with van der Waals surface area (Å²) < 4.78 is 44.9. The van der Waals surface area contributed by atoms with Crippen molar-refractivity contribution in [2.75, 3.05) is 38.2 Å². The van der Waals surface area contributed by atoms with E-state index in [1.54, 1.807) is 7.11 Å². The van der Waals surface area contributed by atoms with Crippen molar-refractivity contribution in [2.45, 2.75) is 38.4 Å². The molecule has 0 N–H and O–H groups in total. The van der Waals surface area contributed by atoms with Gasteiger partial charge in [0.2, 0.25) is 0 Å². The molecule has 202 valence electrons. The van der Waals surface area contributed by atoms with E-state index < -0.39 is 27.9 Å². The highest BCUT2D eigenvalue weighted by molar-refractivity contribution is 7.22. The molecule has 1 spiro atoms. The van der Waals surface area contributed by atoms with Crippen LogP contribution in [0.5, 0.6) is 5.75 Å². The monoisotopic (exact) mass is 548 g/mol. The van der Waals surface area contributed by atoms with Gasteiger partial charge in [0.05, 0.1) is 23.0 Å². The third-order valence-corrected chi connectivity index (χ3v) is 8.96. The lowest BCUT2D eigenvalue weighted by Crippen LogP contribution is -2.46. The molecule has 2 aromatic carbocycles. The van der Waals surface area contributed by atoms with Crippen LogP contribution in [0.15, 0.2) is 41.2 Å². The largest absolute Gasteiger partial charge is 0.497 e. The first-order valence-electron chi connectivity index (χ1n) is 12.4. The predicted molar refractivity (Wildman–Crippen MR) is 139 cm³/mol. The van der Waals surface area contributed by atoms with Crippen molar-refractivity contribution in [1.29, 1.82) is 0 Å². The number of nitro benzene ring substituents is 1. The van der Waals surface area contributed by atoms with Crippen LogP contribution in [0.1, 0.15) is 36.8 Å². The quantitative estimate of drug-likeness (QED) is 0.308. The Morgan fingerprint density at radius 3 is 2.29 bits per heavy atom. The molecule has 0 radical (unpaired) electrons. The number of anilines is 1. The van der Waals surface area contributed by atoms with Crippen LogP contribution in [0.3, 0.4) is 0 Å². The Morgan fingerprint density at radius 1 is 1.08 bits per heavy atom. The number of ether oxygens (including phenoxy) is 1. The van der Waals surface area contributed by atoms with Crippen LogP contribution < -0.4 is 15.2 Å². The maximum absolute atomic E-state index is 13.2. The van der Waals surface area contributed by atoms with Crippen LogP contribution in [-0.2, 0) is 12.7 Å². The average molecular weight is 549 g/mol. The molecule has 3 aromatic rings. The van der Waals surface area contributed by atoms with Crippen LogP contribution in [0.25, 0.3) is 10.1 Å². The molecule has 2 aliphatic heterocycles. The van der Waals surface area contributed by atoms with E-state index in [0.29, 0.717) is 30.4 Å². The van der Waals surface area contributed by atoms with Crippen LogP contribution in [0, 0.1) is 15.5 Å². The van der Waals surface area contributed by atoms with E-state index in [9.17, 15) is 28.1 Å². The summed E-state index contributed by atoms with van der Waals surface area (Å²) >= 11 is 0.910. The van der Waals surface area contributed by atoms with Gasteiger partial charge in [-0.1, -0.05) is 23.5 Å². The van der Waals surface area contributed by atoms with Gasteiger partial charge in [-0.25, -0.2) is 0 Å². The highest BCUT2D eigenvalue weighted by Gasteiger charge is 2.39. The summed E-state index contributed by atoms with van der Waals surface area (Å²) in [5, 5.41) is 11.5. The Balaban J connectivity index is 1.27. The van der Waals surface area contributed by atoms with E-state index >= 15 is 0 Å². The van der Waals surface area contributed by atoms with E-state index in [1.165, 1.54) is 5.56 Å². The summed E-state index contributed by atoms with van der Waals surface area (Å²) in [4.78, 5) is 31.8. The fraction of sp³-hybridized carbons (Fsp3) is 0.462. The second-order valence-electron chi connectivity index (χ2n) is 10.0. The summed E-state index contributed by atoms with van der Waals surface area (Å²) in [5.74, 6) is 0.838. The molecular formula is C26H27F3N4O4S. The second-order valence-corrected chi connectivity index (χ2v) is 11.0. The Hall–Kier alpha value is -3.25. The van der Waals surface area contributed by atoms with Gasteiger partial charge in [0.1, 0.15) is 10.4 Å². The first kappa shape index (κ1) is 26.4. The van der Waals surface area contributed by atoms with Gasteiger partial charge in [0, 0.05) is 25.7 Å². The Labute approximate surface area is 220 Å². The lowest BCUT2D eigenvalue weighted by molar-refractivity contribution is -0.383. The van der Waals surface area contributed by atoms with Crippen molar-refractivity contribution in [3.05, 3.63) is 68.0 Å². The number of aromatic nitrogens is 1. The molecule has 8 nitrogen and oxygen atoms in total. The number of halogens is 3. The zero-order chi connectivity index (χ0) is 27.1.